The van der Waals surface area contributed by atoms with E-state index >= 15 is 0 Å². The second kappa shape index (κ2) is 5.33. The van der Waals surface area contributed by atoms with Gasteiger partial charge in [0.2, 0.25) is 0 Å². The lowest BCUT2D eigenvalue weighted by Crippen LogP contribution is -2.09. The van der Waals surface area contributed by atoms with Crippen molar-refractivity contribution in [3.8, 4) is 5.75 Å². The minimum atomic E-state index is -4.38. The predicted octanol–water partition coefficient (Wildman–Crippen LogP) is 4.55. The molecule has 112 valence electrons. The zero-order chi connectivity index (χ0) is 15.7. The maximum Gasteiger partial charge on any atom is 0.416 e. The Labute approximate surface area is 124 Å². The summed E-state index contributed by atoms with van der Waals surface area (Å²) in [7, 11) is 0. The van der Waals surface area contributed by atoms with Crippen molar-refractivity contribution < 1.29 is 18.3 Å². The fourth-order valence-corrected chi connectivity index (χ4v) is 2.46. The predicted molar refractivity (Wildman–Crippen MR) is 77.7 cm³/mol. The number of hydrogen-bond donors (Lipinski definition) is 1. The number of benzene rings is 2. The SMILES string of the molecule is Oc1cccc2cc(Cc3ccccc3C(F)(F)F)cnc12. The van der Waals surface area contributed by atoms with Crippen LogP contribution < -0.4 is 0 Å². The average molecular weight is 303 g/mol. The van der Waals surface area contributed by atoms with E-state index in [-0.39, 0.29) is 17.7 Å². The Morgan fingerprint density at radius 1 is 1.00 bits per heavy atom. The van der Waals surface area contributed by atoms with Gasteiger partial charge >= 0.3 is 6.18 Å². The lowest BCUT2D eigenvalue weighted by atomic mass is 9.99. The molecular weight excluding hydrogens is 291 g/mol. The van der Waals surface area contributed by atoms with E-state index in [9.17, 15) is 18.3 Å². The molecule has 0 atom stereocenters. The molecule has 0 bridgehead atoms. The van der Waals surface area contributed by atoms with E-state index < -0.39 is 11.7 Å². The molecule has 0 aliphatic rings. The fourth-order valence-electron chi connectivity index (χ4n) is 2.46. The van der Waals surface area contributed by atoms with Gasteiger partial charge < -0.3 is 5.11 Å². The second-order valence-electron chi connectivity index (χ2n) is 5.02. The number of para-hydroxylation sites is 1. The maximum atomic E-state index is 13.0. The maximum absolute atomic E-state index is 13.0. The van der Waals surface area contributed by atoms with Crippen molar-refractivity contribution in [2.45, 2.75) is 12.6 Å². The van der Waals surface area contributed by atoms with Crippen LogP contribution >= 0.6 is 0 Å². The Hall–Kier alpha value is -2.56. The van der Waals surface area contributed by atoms with Gasteiger partial charge in [0.05, 0.1) is 5.56 Å². The van der Waals surface area contributed by atoms with Crippen LogP contribution in [0.1, 0.15) is 16.7 Å². The molecule has 5 heteroatoms. The first-order chi connectivity index (χ1) is 10.4. The number of aromatic hydroxyl groups is 1. The number of halogens is 3. The Balaban J connectivity index is 2.01. The summed E-state index contributed by atoms with van der Waals surface area (Å²) in [6.07, 6.45) is -2.75. The summed E-state index contributed by atoms with van der Waals surface area (Å²) in [6, 6.07) is 12.2. The first-order valence-electron chi connectivity index (χ1n) is 6.67. The molecule has 0 saturated heterocycles. The zero-order valence-corrected chi connectivity index (χ0v) is 11.4. The van der Waals surface area contributed by atoms with Crippen molar-refractivity contribution in [2.24, 2.45) is 0 Å². The van der Waals surface area contributed by atoms with Gasteiger partial charge in [0.25, 0.3) is 0 Å². The Kier molecular flexibility index (Phi) is 3.48. The number of phenolic OH excluding ortho intramolecular Hbond substituents is 1. The number of aromatic nitrogens is 1. The number of fused-ring (bicyclic) bond motifs is 1. The topological polar surface area (TPSA) is 33.1 Å². The largest absolute Gasteiger partial charge is 0.506 e. The van der Waals surface area contributed by atoms with Crippen LogP contribution in [0.15, 0.2) is 54.7 Å². The molecule has 2 aromatic carbocycles. The zero-order valence-electron chi connectivity index (χ0n) is 11.4. The van der Waals surface area contributed by atoms with Crippen molar-refractivity contribution >= 4 is 10.9 Å². The fraction of sp³-hybridized carbons (Fsp3) is 0.118. The van der Waals surface area contributed by atoms with Crippen molar-refractivity contribution in [3.63, 3.8) is 0 Å². The summed E-state index contributed by atoms with van der Waals surface area (Å²) in [6.45, 7) is 0. The number of phenols is 1. The van der Waals surface area contributed by atoms with Gasteiger partial charge in [-0.2, -0.15) is 13.2 Å². The van der Waals surface area contributed by atoms with Gasteiger partial charge in [0.1, 0.15) is 11.3 Å². The van der Waals surface area contributed by atoms with Gasteiger partial charge in [0, 0.05) is 11.6 Å². The highest BCUT2D eigenvalue weighted by atomic mass is 19.4. The molecule has 3 aromatic rings. The van der Waals surface area contributed by atoms with Crippen LogP contribution in [0.2, 0.25) is 0 Å². The first-order valence-corrected chi connectivity index (χ1v) is 6.67. The van der Waals surface area contributed by atoms with E-state index in [4.69, 9.17) is 0 Å². The normalized spacial score (nSPS) is 11.8. The van der Waals surface area contributed by atoms with E-state index in [0.29, 0.717) is 16.5 Å². The highest BCUT2D eigenvalue weighted by molar-refractivity contribution is 5.84. The van der Waals surface area contributed by atoms with Crippen molar-refractivity contribution in [1.29, 1.82) is 0 Å². The van der Waals surface area contributed by atoms with Crippen LogP contribution in [0.5, 0.6) is 5.75 Å². The molecule has 0 aliphatic carbocycles. The van der Waals surface area contributed by atoms with Gasteiger partial charge in [-0.05, 0) is 35.7 Å². The number of nitrogens with zero attached hydrogens (tertiary/aromatic N) is 1. The van der Waals surface area contributed by atoms with Crippen LogP contribution in [0.4, 0.5) is 13.2 Å². The molecule has 2 nitrogen and oxygen atoms in total. The Morgan fingerprint density at radius 2 is 1.77 bits per heavy atom. The highest BCUT2D eigenvalue weighted by Crippen LogP contribution is 2.33. The highest BCUT2D eigenvalue weighted by Gasteiger charge is 2.32. The van der Waals surface area contributed by atoms with E-state index in [0.717, 1.165) is 6.07 Å². The average Bonchev–Trinajstić information content (AvgIpc) is 2.47. The minimum Gasteiger partial charge on any atom is -0.506 e. The molecular formula is C17H12F3NO. The molecule has 3 rings (SSSR count). The first kappa shape index (κ1) is 14.4. The van der Waals surface area contributed by atoms with Crippen molar-refractivity contribution in [1.82, 2.24) is 4.98 Å². The number of pyridine rings is 1. The lowest BCUT2D eigenvalue weighted by Gasteiger charge is -2.12. The molecule has 0 radical (unpaired) electrons. The van der Waals surface area contributed by atoms with E-state index in [1.165, 1.54) is 24.4 Å². The second-order valence-corrected chi connectivity index (χ2v) is 5.02. The Morgan fingerprint density at radius 3 is 2.55 bits per heavy atom. The molecule has 0 fully saturated rings. The molecule has 0 saturated carbocycles. The third-order valence-electron chi connectivity index (χ3n) is 3.46. The van der Waals surface area contributed by atoms with Gasteiger partial charge in [-0.1, -0.05) is 30.3 Å². The van der Waals surface area contributed by atoms with Crippen molar-refractivity contribution in [3.05, 3.63) is 71.4 Å². The molecule has 22 heavy (non-hydrogen) atoms. The van der Waals surface area contributed by atoms with Crippen LogP contribution in [-0.4, -0.2) is 10.1 Å². The summed E-state index contributed by atoms with van der Waals surface area (Å²) in [4.78, 5) is 4.14. The third-order valence-corrected chi connectivity index (χ3v) is 3.46. The quantitative estimate of drug-likeness (QED) is 0.753. The summed E-state index contributed by atoms with van der Waals surface area (Å²) < 4.78 is 39.0. The van der Waals surface area contributed by atoms with E-state index in [1.807, 2.05) is 0 Å². The number of rotatable bonds is 2. The van der Waals surface area contributed by atoms with Crippen LogP contribution in [0, 0.1) is 0 Å². The summed E-state index contributed by atoms with van der Waals surface area (Å²) in [5, 5.41) is 10.4. The van der Waals surface area contributed by atoms with Gasteiger partial charge in [-0.15, -0.1) is 0 Å². The molecule has 0 aliphatic heterocycles. The monoisotopic (exact) mass is 303 g/mol. The van der Waals surface area contributed by atoms with Crippen LogP contribution in [0.25, 0.3) is 10.9 Å². The summed E-state index contributed by atoms with van der Waals surface area (Å²) in [5.74, 6) is 0.0553. The van der Waals surface area contributed by atoms with Crippen LogP contribution in [-0.2, 0) is 12.6 Å². The lowest BCUT2D eigenvalue weighted by molar-refractivity contribution is -0.138. The van der Waals surface area contributed by atoms with Gasteiger partial charge in [-0.25, -0.2) is 0 Å². The summed E-state index contributed by atoms with van der Waals surface area (Å²) >= 11 is 0. The van der Waals surface area contributed by atoms with E-state index in [2.05, 4.69) is 4.98 Å². The van der Waals surface area contributed by atoms with Crippen molar-refractivity contribution in [2.75, 3.05) is 0 Å². The Bertz CT molecular complexity index is 827. The molecule has 0 amide bonds. The standard InChI is InChI=1S/C17H12F3NO/c18-17(19,20)14-6-2-1-4-12(14)8-11-9-13-5-3-7-15(22)16(13)21-10-11/h1-7,9-10,22H,8H2. The number of alkyl halides is 3. The smallest absolute Gasteiger partial charge is 0.416 e. The number of hydrogen-bond acceptors (Lipinski definition) is 2. The molecule has 1 N–H and O–H groups in total. The molecule has 0 spiro atoms. The van der Waals surface area contributed by atoms with Crippen LogP contribution in [0.3, 0.4) is 0 Å². The van der Waals surface area contributed by atoms with E-state index in [1.54, 1.807) is 24.3 Å². The minimum absolute atomic E-state index is 0.0553. The molecule has 1 heterocycles. The van der Waals surface area contributed by atoms with Gasteiger partial charge in [0.15, 0.2) is 0 Å². The third kappa shape index (κ3) is 2.74. The molecule has 0 unspecified atom stereocenters. The van der Waals surface area contributed by atoms with Gasteiger partial charge in [-0.3, -0.25) is 4.98 Å². The molecule has 1 aromatic heterocycles. The summed E-state index contributed by atoms with van der Waals surface area (Å²) in [5.41, 5.74) is 0.674.